The van der Waals surface area contributed by atoms with E-state index >= 15 is 0 Å². The molecule has 1 aromatic heterocycles. The molecule has 0 saturated carbocycles. The van der Waals surface area contributed by atoms with Crippen LogP contribution in [0.3, 0.4) is 0 Å². The van der Waals surface area contributed by atoms with Gasteiger partial charge in [-0.1, -0.05) is 6.07 Å². The van der Waals surface area contributed by atoms with Gasteiger partial charge in [-0.15, -0.1) is 11.3 Å². The summed E-state index contributed by atoms with van der Waals surface area (Å²) in [6, 6.07) is 9.08. The number of fused-ring (bicyclic) bond motifs is 1. The summed E-state index contributed by atoms with van der Waals surface area (Å²) in [6.45, 7) is 6.68. The zero-order valence-corrected chi connectivity index (χ0v) is 18.8. The fourth-order valence-corrected chi connectivity index (χ4v) is 6.26. The average Bonchev–Trinajstić information content (AvgIpc) is 3.35. The molecule has 7 nitrogen and oxygen atoms in total. The molecule has 2 aliphatic heterocycles. The number of hydrogen-bond acceptors (Lipinski definition) is 6. The molecule has 1 N–H and O–H groups in total. The highest BCUT2D eigenvalue weighted by molar-refractivity contribution is 7.89. The van der Waals surface area contributed by atoms with E-state index in [1.807, 2.05) is 24.4 Å². The van der Waals surface area contributed by atoms with Crippen molar-refractivity contribution in [3.05, 3.63) is 46.2 Å². The van der Waals surface area contributed by atoms with Crippen molar-refractivity contribution in [2.45, 2.75) is 37.2 Å². The summed E-state index contributed by atoms with van der Waals surface area (Å²) < 4.78 is 34.4. The minimum absolute atomic E-state index is 0.0219. The van der Waals surface area contributed by atoms with Crippen LogP contribution in [0.1, 0.15) is 30.3 Å². The standard InChI is InChI=1S/C21H27N3O4S2/c1-15-12-17-13-18(5-6-19(17)24(15)16(2)25)30(26,27)22-14-20(21-4-3-11-29-21)23-7-9-28-10-8-23/h3-6,11,13,15,20,22H,7-10,12,14H2,1-2H3. The number of anilines is 1. The van der Waals surface area contributed by atoms with Gasteiger partial charge in [0.2, 0.25) is 15.9 Å². The molecule has 0 spiro atoms. The van der Waals surface area contributed by atoms with E-state index in [9.17, 15) is 13.2 Å². The van der Waals surface area contributed by atoms with Crippen molar-refractivity contribution in [1.82, 2.24) is 9.62 Å². The number of benzene rings is 1. The highest BCUT2D eigenvalue weighted by Crippen LogP contribution is 2.34. The van der Waals surface area contributed by atoms with Gasteiger partial charge in [-0.25, -0.2) is 13.1 Å². The van der Waals surface area contributed by atoms with Crippen LogP contribution in [0.4, 0.5) is 5.69 Å². The van der Waals surface area contributed by atoms with Crippen LogP contribution in [0.2, 0.25) is 0 Å². The first-order chi connectivity index (χ1) is 14.4. The van der Waals surface area contributed by atoms with Crippen molar-refractivity contribution >= 4 is 33.0 Å². The molecule has 1 fully saturated rings. The Hall–Kier alpha value is -1.78. The molecule has 3 heterocycles. The quantitative estimate of drug-likeness (QED) is 0.733. The molecule has 0 bridgehead atoms. The summed E-state index contributed by atoms with van der Waals surface area (Å²) in [5.74, 6) is -0.0284. The lowest BCUT2D eigenvalue weighted by Crippen LogP contribution is -2.43. The molecule has 2 atom stereocenters. The van der Waals surface area contributed by atoms with E-state index in [4.69, 9.17) is 4.74 Å². The normalized spacial score (nSPS) is 20.9. The second-order valence-electron chi connectivity index (χ2n) is 7.76. The molecule has 2 unspecified atom stereocenters. The van der Waals surface area contributed by atoms with Gasteiger partial charge in [0.15, 0.2) is 0 Å². The first kappa shape index (κ1) is 21.5. The van der Waals surface area contributed by atoms with Crippen molar-refractivity contribution in [2.24, 2.45) is 0 Å². The molecular formula is C21H27N3O4S2. The minimum Gasteiger partial charge on any atom is -0.379 e. The first-order valence-corrected chi connectivity index (χ1v) is 12.5. The lowest BCUT2D eigenvalue weighted by Gasteiger charge is -2.34. The number of carbonyl (C=O) groups excluding carboxylic acids is 1. The summed E-state index contributed by atoms with van der Waals surface area (Å²) in [5, 5.41) is 2.01. The van der Waals surface area contributed by atoms with Crippen LogP contribution in [0.5, 0.6) is 0 Å². The molecule has 0 radical (unpaired) electrons. The topological polar surface area (TPSA) is 79.0 Å². The van der Waals surface area contributed by atoms with Crippen molar-refractivity contribution in [1.29, 1.82) is 0 Å². The third kappa shape index (κ3) is 4.31. The SMILES string of the molecule is CC(=O)N1c2ccc(S(=O)(=O)NCC(c3cccs3)N3CCOCC3)cc2CC1C. The Kier molecular flexibility index (Phi) is 6.26. The number of nitrogens with one attached hydrogen (secondary N) is 1. The maximum absolute atomic E-state index is 13.1. The Bertz CT molecular complexity index is 1000. The van der Waals surface area contributed by atoms with Crippen LogP contribution < -0.4 is 9.62 Å². The molecule has 9 heteroatoms. The number of carbonyl (C=O) groups is 1. The smallest absolute Gasteiger partial charge is 0.240 e. The maximum Gasteiger partial charge on any atom is 0.240 e. The fraction of sp³-hybridized carbons (Fsp3) is 0.476. The lowest BCUT2D eigenvalue weighted by atomic mass is 10.1. The average molecular weight is 450 g/mol. The molecule has 1 amide bonds. The van der Waals surface area contributed by atoms with Gasteiger partial charge in [0.25, 0.3) is 0 Å². The largest absolute Gasteiger partial charge is 0.379 e. The van der Waals surface area contributed by atoms with E-state index in [-0.39, 0.29) is 22.9 Å². The van der Waals surface area contributed by atoms with Crippen LogP contribution in [-0.4, -0.2) is 58.1 Å². The molecule has 162 valence electrons. The van der Waals surface area contributed by atoms with Gasteiger partial charge in [0.1, 0.15) is 0 Å². The Morgan fingerprint density at radius 1 is 1.30 bits per heavy atom. The fourth-order valence-electron chi connectivity index (χ4n) is 4.31. The number of amides is 1. The second-order valence-corrected chi connectivity index (χ2v) is 10.5. The van der Waals surface area contributed by atoms with E-state index in [2.05, 4.69) is 9.62 Å². The summed E-state index contributed by atoms with van der Waals surface area (Å²) >= 11 is 1.64. The zero-order chi connectivity index (χ0) is 21.3. The summed E-state index contributed by atoms with van der Waals surface area (Å²) in [4.78, 5) is 17.3. The van der Waals surface area contributed by atoms with Gasteiger partial charge < -0.3 is 9.64 Å². The predicted octanol–water partition coefficient (Wildman–Crippen LogP) is 2.40. The Morgan fingerprint density at radius 2 is 2.07 bits per heavy atom. The van der Waals surface area contributed by atoms with Crippen LogP contribution in [-0.2, 0) is 26.0 Å². The van der Waals surface area contributed by atoms with Crippen molar-refractivity contribution < 1.29 is 17.9 Å². The number of nitrogens with zero attached hydrogens (tertiary/aromatic N) is 2. The number of hydrogen-bond donors (Lipinski definition) is 1. The molecule has 1 aromatic carbocycles. The third-order valence-corrected chi connectivity index (χ3v) is 8.14. The van der Waals surface area contributed by atoms with Gasteiger partial charge in [0, 0.05) is 43.2 Å². The maximum atomic E-state index is 13.1. The van der Waals surface area contributed by atoms with E-state index < -0.39 is 10.0 Å². The van der Waals surface area contributed by atoms with E-state index in [0.29, 0.717) is 26.2 Å². The van der Waals surface area contributed by atoms with Crippen LogP contribution in [0.25, 0.3) is 0 Å². The monoisotopic (exact) mass is 449 g/mol. The Labute approximate surface area is 181 Å². The van der Waals surface area contributed by atoms with E-state index in [1.165, 1.54) is 6.92 Å². The number of ether oxygens (including phenoxy) is 1. The van der Waals surface area contributed by atoms with Crippen LogP contribution in [0, 0.1) is 0 Å². The number of rotatable bonds is 6. The third-order valence-electron chi connectivity index (χ3n) is 5.74. The number of sulfonamides is 1. The summed E-state index contributed by atoms with van der Waals surface area (Å²) in [7, 11) is -3.67. The molecule has 2 aromatic rings. The van der Waals surface area contributed by atoms with Gasteiger partial charge in [-0.2, -0.15) is 0 Å². The molecule has 0 aliphatic carbocycles. The molecular weight excluding hydrogens is 422 g/mol. The Balaban J connectivity index is 1.53. The molecule has 1 saturated heterocycles. The highest BCUT2D eigenvalue weighted by atomic mass is 32.2. The Morgan fingerprint density at radius 3 is 2.73 bits per heavy atom. The molecule has 2 aliphatic rings. The van der Waals surface area contributed by atoms with Crippen molar-refractivity contribution in [3.63, 3.8) is 0 Å². The first-order valence-electron chi connectivity index (χ1n) is 10.1. The molecule has 4 rings (SSSR count). The van der Waals surface area contributed by atoms with Crippen LogP contribution in [0.15, 0.2) is 40.6 Å². The predicted molar refractivity (Wildman–Crippen MR) is 117 cm³/mol. The van der Waals surface area contributed by atoms with Gasteiger partial charge in [0.05, 0.1) is 24.2 Å². The van der Waals surface area contributed by atoms with E-state index in [1.54, 1.807) is 34.4 Å². The number of morpholine rings is 1. The van der Waals surface area contributed by atoms with Gasteiger partial charge in [-0.3, -0.25) is 9.69 Å². The van der Waals surface area contributed by atoms with Crippen LogP contribution >= 0.6 is 11.3 Å². The molecule has 30 heavy (non-hydrogen) atoms. The summed E-state index contributed by atoms with van der Waals surface area (Å²) in [5.41, 5.74) is 1.70. The lowest BCUT2D eigenvalue weighted by molar-refractivity contribution is -0.116. The van der Waals surface area contributed by atoms with Crippen molar-refractivity contribution in [2.75, 3.05) is 37.7 Å². The summed E-state index contributed by atoms with van der Waals surface area (Å²) in [6.07, 6.45) is 0.657. The van der Waals surface area contributed by atoms with Gasteiger partial charge in [-0.05, 0) is 48.6 Å². The minimum atomic E-state index is -3.67. The highest BCUT2D eigenvalue weighted by Gasteiger charge is 2.31. The van der Waals surface area contributed by atoms with Crippen molar-refractivity contribution in [3.8, 4) is 0 Å². The zero-order valence-electron chi connectivity index (χ0n) is 17.2. The second kappa shape index (κ2) is 8.76. The van der Waals surface area contributed by atoms with Gasteiger partial charge >= 0.3 is 0 Å². The van der Waals surface area contributed by atoms with E-state index in [0.717, 1.165) is 29.2 Å². The number of thiophene rings is 1.